The molecule has 96 valence electrons. The standard InChI is InChI=1S/C13H22N2O2/c1-6-9(4)11-13(17)15(7-8(2)3)10(5)12(16)14-11/h9-11H,2,6-7H2,1,3-5H3,(H,14,16). The molecule has 0 radical (unpaired) electrons. The smallest absolute Gasteiger partial charge is 0.246 e. The Labute approximate surface area is 103 Å². The van der Waals surface area contributed by atoms with Crippen molar-refractivity contribution in [3.63, 3.8) is 0 Å². The van der Waals surface area contributed by atoms with E-state index in [1.165, 1.54) is 0 Å². The van der Waals surface area contributed by atoms with E-state index in [1.54, 1.807) is 11.8 Å². The molecule has 1 aliphatic heterocycles. The summed E-state index contributed by atoms with van der Waals surface area (Å²) >= 11 is 0. The van der Waals surface area contributed by atoms with Crippen molar-refractivity contribution in [2.24, 2.45) is 5.92 Å². The molecule has 0 aromatic heterocycles. The molecule has 4 nitrogen and oxygen atoms in total. The van der Waals surface area contributed by atoms with Crippen LogP contribution in [0.25, 0.3) is 0 Å². The fourth-order valence-electron chi connectivity index (χ4n) is 1.97. The average Bonchev–Trinajstić information content (AvgIpc) is 2.28. The van der Waals surface area contributed by atoms with Crippen molar-refractivity contribution in [3.05, 3.63) is 12.2 Å². The van der Waals surface area contributed by atoms with Crippen LogP contribution in [-0.2, 0) is 9.59 Å². The van der Waals surface area contributed by atoms with Crippen molar-refractivity contribution in [1.29, 1.82) is 0 Å². The van der Waals surface area contributed by atoms with Crippen molar-refractivity contribution in [2.75, 3.05) is 6.54 Å². The molecule has 1 aliphatic rings. The van der Waals surface area contributed by atoms with Crippen molar-refractivity contribution < 1.29 is 9.59 Å². The fraction of sp³-hybridized carbons (Fsp3) is 0.692. The number of piperazine rings is 1. The van der Waals surface area contributed by atoms with Crippen LogP contribution in [0.4, 0.5) is 0 Å². The maximum Gasteiger partial charge on any atom is 0.246 e. The van der Waals surface area contributed by atoms with Gasteiger partial charge in [-0.25, -0.2) is 0 Å². The van der Waals surface area contributed by atoms with Gasteiger partial charge in [-0.3, -0.25) is 9.59 Å². The van der Waals surface area contributed by atoms with Crippen LogP contribution in [0.15, 0.2) is 12.2 Å². The summed E-state index contributed by atoms with van der Waals surface area (Å²) in [4.78, 5) is 25.7. The first kappa shape index (κ1) is 13.7. The second kappa shape index (κ2) is 5.34. The van der Waals surface area contributed by atoms with E-state index in [9.17, 15) is 9.59 Å². The van der Waals surface area contributed by atoms with Crippen LogP contribution in [-0.4, -0.2) is 35.3 Å². The predicted octanol–water partition coefficient (Wildman–Crippen LogP) is 1.32. The molecule has 0 aromatic carbocycles. The maximum atomic E-state index is 12.3. The molecule has 3 atom stereocenters. The minimum absolute atomic E-state index is 0.00875. The van der Waals surface area contributed by atoms with Gasteiger partial charge in [-0.2, -0.15) is 0 Å². The molecule has 0 aliphatic carbocycles. The molecule has 4 heteroatoms. The van der Waals surface area contributed by atoms with Crippen molar-refractivity contribution in [2.45, 2.75) is 46.2 Å². The zero-order valence-corrected chi connectivity index (χ0v) is 11.1. The molecule has 1 saturated heterocycles. The summed E-state index contributed by atoms with van der Waals surface area (Å²) in [5.74, 6) is 0.0946. The quantitative estimate of drug-likeness (QED) is 0.751. The molecule has 1 heterocycles. The highest BCUT2D eigenvalue weighted by Gasteiger charge is 2.39. The SMILES string of the molecule is C=C(C)CN1C(=O)C(C(C)CC)NC(=O)C1C. The number of carbonyl (C=O) groups is 2. The summed E-state index contributed by atoms with van der Waals surface area (Å²) in [7, 11) is 0. The van der Waals surface area contributed by atoms with Gasteiger partial charge in [0.2, 0.25) is 11.8 Å². The number of nitrogens with one attached hydrogen (secondary N) is 1. The molecule has 2 amide bonds. The van der Waals surface area contributed by atoms with Crippen LogP contribution in [0.5, 0.6) is 0 Å². The van der Waals surface area contributed by atoms with E-state index in [1.807, 2.05) is 20.8 Å². The van der Waals surface area contributed by atoms with Crippen LogP contribution in [0.3, 0.4) is 0 Å². The first-order chi connectivity index (χ1) is 7.88. The molecule has 1 fully saturated rings. The van der Waals surface area contributed by atoms with Gasteiger partial charge in [-0.1, -0.05) is 32.4 Å². The van der Waals surface area contributed by atoms with E-state index in [0.29, 0.717) is 6.54 Å². The van der Waals surface area contributed by atoms with Gasteiger partial charge in [0.15, 0.2) is 0 Å². The van der Waals surface area contributed by atoms with Crippen LogP contribution in [0.1, 0.15) is 34.1 Å². The van der Waals surface area contributed by atoms with Crippen molar-refractivity contribution in [1.82, 2.24) is 10.2 Å². The summed E-state index contributed by atoms with van der Waals surface area (Å²) in [5.41, 5.74) is 0.891. The Bertz CT molecular complexity index is 338. The Morgan fingerprint density at radius 3 is 2.59 bits per heavy atom. The van der Waals surface area contributed by atoms with E-state index < -0.39 is 6.04 Å². The topological polar surface area (TPSA) is 49.4 Å². The van der Waals surface area contributed by atoms with Crippen LogP contribution in [0, 0.1) is 5.92 Å². The van der Waals surface area contributed by atoms with E-state index >= 15 is 0 Å². The van der Waals surface area contributed by atoms with Gasteiger partial charge in [0.1, 0.15) is 12.1 Å². The van der Waals surface area contributed by atoms with Gasteiger partial charge < -0.3 is 10.2 Å². The van der Waals surface area contributed by atoms with Crippen LogP contribution >= 0.6 is 0 Å². The molecule has 17 heavy (non-hydrogen) atoms. The molecular formula is C13H22N2O2. The average molecular weight is 238 g/mol. The molecule has 1 rings (SSSR count). The highest BCUT2D eigenvalue weighted by atomic mass is 16.2. The first-order valence-electron chi connectivity index (χ1n) is 6.13. The maximum absolute atomic E-state index is 12.3. The van der Waals surface area contributed by atoms with Gasteiger partial charge >= 0.3 is 0 Å². The lowest BCUT2D eigenvalue weighted by molar-refractivity contribution is -0.149. The van der Waals surface area contributed by atoms with Crippen molar-refractivity contribution in [3.8, 4) is 0 Å². The normalized spacial score (nSPS) is 26.7. The zero-order chi connectivity index (χ0) is 13.2. The summed E-state index contributed by atoms with van der Waals surface area (Å²) in [5, 5.41) is 2.81. The minimum atomic E-state index is -0.403. The lowest BCUT2D eigenvalue weighted by Crippen LogP contribution is -2.64. The van der Waals surface area contributed by atoms with Gasteiger partial charge in [-0.15, -0.1) is 0 Å². The third-order valence-corrected chi connectivity index (χ3v) is 3.35. The third-order valence-electron chi connectivity index (χ3n) is 3.35. The highest BCUT2D eigenvalue weighted by molar-refractivity contribution is 5.97. The first-order valence-corrected chi connectivity index (χ1v) is 6.13. The van der Waals surface area contributed by atoms with Gasteiger partial charge in [-0.05, 0) is 19.8 Å². The largest absolute Gasteiger partial charge is 0.342 e. The molecule has 0 aromatic rings. The number of carbonyl (C=O) groups excluding carboxylic acids is 2. The summed E-state index contributed by atoms with van der Waals surface area (Å²) in [6, 6.07) is -0.789. The Kier molecular flexibility index (Phi) is 4.32. The molecule has 0 spiro atoms. The molecule has 3 unspecified atom stereocenters. The molecule has 0 saturated carbocycles. The van der Waals surface area contributed by atoms with Gasteiger partial charge in [0.25, 0.3) is 0 Å². The molecule has 1 N–H and O–H groups in total. The van der Waals surface area contributed by atoms with E-state index in [0.717, 1.165) is 12.0 Å². The lowest BCUT2D eigenvalue weighted by Gasteiger charge is -2.39. The van der Waals surface area contributed by atoms with E-state index in [4.69, 9.17) is 0 Å². The molecule has 0 bridgehead atoms. The number of hydrogen-bond acceptors (Lipinski definition) is 2. The Balaban J connectivity index is 2.90. The number of hydrogen-bond donors (Lipinski definition) is 1. The van der Waals surface area contributed by atoms with Crippen molar-refractivity contribution >= 4 is 11.8 Å². The van der Waals surface area contributed by atoms with Gasteiger partial charge in [0, 0.05) is 6.54 Å². The fourth-order valence-corrected chi connectivity index (χ4v) is 1.97. The number of amides is 2. The van der Waals surface area contributed by atoms with E-state index in [2.05, 4.69) is 11.9 Å². The van der Waals surface area contributed by atoms with Crippen LogP contribution < -0.4 is 5.32 Å². The Morgan fingerprint density at radius 1 is 1.53 bits per heavy atom. The number of rotatable bonds is 4. The number of nitrogens with zero attached hydrogens (tertiary/aromatic N) is 1. The minimum Gasteiger partial charge on any atom is -0.342 e. The second-order valence-electron chi connectivity index (χ2n) is 4.97. The highest BCUT2D eigenvalue weighted by Crippen LogP contribution is 2.18. The van der Waals surface area contributed by atoms with Crippen LogP contribution in [0.2, 0.25) is 0 Å². The predicted molar refractivity (Wildman–Crippen MR) is 67.4 cm³/mol. The summed E-state index contributed by atoms with van der Waals surface area (Å²) < 4.78 is 0. The molecular weight excluding hydrogens is 216 g/mol. The summed E-state index contributed by atoms with van der Waals surface area (Å²) in [6.07, 6.45) is 0.867. The second-order valence-corrected chi connectivity index (χ2v) is 4.97. The Hall–Kier alpha value is -1.32. The zero-order valence-electron chi connectivity index (χ0n) is 11.1. The van der Waals surface area contributed by atoms with Gasteiger partial charge in [0.05, 0.1) is 0 Å². The lowest BCUT2D eigenvalue weighted by atomic mass is 9.94. The third kappa shape index (κ3) is 2.87. The van der Waals surface area contributed by atoms with E-state index in [-0.39, 0.29) is 23.8 Å². The Morgan fingerprint density at radius 2 is 2.12 bits per heavy atom. The monoisotopic (exact) mass is 238 g/mol. The summed E-state index contributed by atoms with van der Waals surface area (Å²) in [6.45, 7) is 11.9.